The zero-order valence-electron chi connectivity index (χ0n) is 9.86. The normalized spacial score (nSPS) is 24.1. The van der Waals surface area contributed by atoms with Gasteiger partial charge < -0.3 is 15.2 Å². The summed E-state index contributed by atoms with van der Waals surface area (Å²) >= 11 is 0. The number of nitrogens with one attached hydrogen (secondary N) is 1. The van der Waals surface area contributed by atoms with Crippen molar-refractivity contribution in [1.29, 1.82) is 0 Å². The van der Waals surface area contributed by atoms with Crippen molar-refractivity contribution in [2.45, 2.75) is 31.4 Å². The molecule has 3 heteroatoms. The summed E-state index contributed by atoms with van der Waals surface area (Å²) in [5.74, 6) is 0.818. The largest absolute Gasteiger partial charge is 0.497 e. The van der Waals surface area contributed by atoms with Gasteiger partial charge in [-0.15, -0.1) is 0 Å². The van der Waals surface area contributed by atoms with Crippen molar-refractivity contribution in [3.63, 3.8) is 0 Å². The van der Waals surface area contributed by atoms with Gasteiger partial charge in [-0.05, 0) is 44.0 Å². The fraction of sp³-hybridized carbons (Fsp3) is 0.538. The molecule has 0 aliphatic carbocycles. The van der Waals surface area contributed by atoms with E-state index in [2.05, 4.69) is 5.32 Å². The fourth-order valence-corrected chi connectivity index (χ4v) is 2.29. The summed E-state index contributed by atoms with van der Waals surface area (Å²) < 4.78 is 5.11. The van der Waals surface area contributed by atoms with Crippen LogP contribution in [0.3, 0.4) is 0 Å². The fourth-order valence-electron chi connectivity index (χ4n) is 2.29. The second kappa shape index (κ2) is 4.44. The molecule has 0 unspecified atom stereocenters. The second-order valence-electron chi connectivity index (χ2n) is 4.52. The van der Waals surface area contributed by atoms with Gasteiger partial charge in [0.2, 0.25) is 0 Å². The molecule has 88 valence electrons. The summed E-state index contributed by atoms with van der Waals surface area (Å²) in [6, 6.07) is 7.79. The third-order valence-corrected chi connectivity index (χ3v) is 3.41. The van der Waals surface area contributed by atoms with Gasteiger partial charge in [-0.2, -0.15) is 0 Å². The first-order valence-electron chi connectivity index (χ1n) is 5.75. The van der Waals surface area contributed by atoms with Crippen molar-refractivity contribution in [1.82, 2.24) is 5.32 Å². The van der Waals surface area contributed by atoms with Crippen molar-refractivity contribution in [3.05, 3.63) is 29.8 Å². The van der Waals surface area contributed by atoms with Crippen LogP contribution in [0, 0.1) is 0 Å². The van der Waals surface area contributed by atoms with E-state index in [1.54, 1.807) is 7.11 Å². The highest BCUT2D eigenvalue weighted by Gasteiger charge is 2.35. The van der Waals surface area contributed by atoms with Crippen LogP contribution >= 0.6 is 0 Å². The summed E-state index contributed by atoms with van der Waals surface area (Å²) in [5.41, 5.74) is 0.135. The number of benzene rings is 1. The van der Waals surface area contributed by atoms with Crippen LogP contribution < -0.4 is 10.1 Å². The maximum Gasteiger partial charge on any atom is 0.118 e. The Morgan fingerprint density at radius 2 is 2.06 bits per heavy atom. The lowest BCUT2D eigenvalue weighted by Crippen LogP contribution is -2.42. The third kappa shape index (κ3) is 2.06. The molecule has 3 nitrogen and oxygen atoms in total. The van der Waals surface area contributed by atoms with Crippen LogP contribution in [-0.4, -0.2) is 24.8 Å². The maximum absolute atomic E-state index is 10.5. The Morgan fingerprint density at radius 1 is 1.38 bits per heavy atom. The first-order chi connectivity index (χ1) is 7.64. The van der Waals surface area contributed by atoms with E-state index in [1.807, 2.05) is 31.2 Å². The van der Waals surface area contributed by atoms with E-state index in [-0.39, 0.29) is 6.04 Å². The molecule has 0 spiro atoms. The molecule has 1 aromatic carbocycles. The monoisotopic (exact) mass is 221 g/mol. The molecular formula is C13H19NO2. The van der Waals surface area contributed by atoms with Crippen LogP contribution in [-0.2, 0) is 5.60 Å². The number of aliphatic hydroxyl groups is 1. The molecule has 1 aliphatic heterocycles. The Morgan fingerprint density at radius 3 is 2.56 bits per heavy atom. The predicted molar refractivity (Wildman–Crippen MR) is 63.6 cm³/mol. The van der Waals surface area contributed by atoms with Gasteiger partial charge in [0.15, 0.2) is 0 Å². The molecule has 1 aliphatic rings. The minimum atomic E-state index is -0.803. The van der Waals surface area contributed by atoms with E-state index in [4.69, 9.17) is 4.74 Å². The summed E-state index contributed by atoms with van der Waals surface area (Å²) in [6.45, 7) is 2.87. The topological polar surface area (TPSA) is 41.5 Å². The smallest absolute Gasteiger partial charge is 0.118 e. The molecule has 1 fully saturated rings. The highest BCUT2D eigenvalue weighted by atomic mass is 16.5. The van der Waals surface area contributed by atoms with Gasteiger partial charge in [0, 0.05) is 6.04 Å². The molecule has 2 atom stereocenters. The van der Waals surface area contributed by atoms with Gasteiger partial charge in [-0.25, -0.2) is 0 Å². The van der Waals surface area contributed by atoms with E-state index in [1.165, 1.54) is 0 Å². The average Bonchev–Trinajstić information content (AvgIpc) is 2.83. The Labute approximate surface area is 96.4 Å². The second-order valence-corrected chi connectivity index (χ2v) is 4.52. The maximum atomic E-state index is 10.5. The zero-order valence-corrected chi connectivity index (χ0v) is 9.86. The number of hydrogen-bond donors (Lipinski definition) is 2. The Kier molecular flexibility index (Phi) is 3.17. The molecule has 2 rings (SSSR count). The lowest BCUT2D eigenvalue weighted by atomic mass is 9.87. The van der Waals surface area contributed by atoms with Crippen LogP contribution in [0.25, 0.3) is 0 Å². The molecule has 1 heterocycles. The quantitative estimate of drug-likeness (QED) is 0.815. The molecule has 0 amide bonds. The molecule has 0 aromatic heterocycles. The molecule has 0 saturated carbocycles. The SMILES string of the molecule is COc1ccc([C@](C)(O)[C@H]2CCCN2)cc1. The summed E-state index contributed by atoms with van der Waals surface area (Å²) in [6.07, 6.45) is 2.16. The highest BCUT2D eigenvalue weighted by molar-refractivity contribution is 5.31. The number of hydrogen-bond acceptors (Lipinski definition) is 3. The molecule has 1 saturated heterocycles. The van der Waals surface area contributed by atoms with E-state index >= 15 is 0 Å². The molecule has 0 bridgehead atoms. The highest BCUT2D eigenvalue weighted by Crippen LogP contribution is 2.30. The van der Waals surface area contributed by atoms with E-state index < -0.39 is 5.60 Å². The van der Waals surface area contributed by atoms with Crippen molar-refractivity contribution in [3.8, 4) is 5.75 Å². The zero-order chi connectivity index (χ0) is 11.6. The summed E-state index contributed by atoms with van der Waals surface area (Å²) in [7, 11) is 1.64. The molecule has 16 heavy (non-hydrogen) atoms. The number of methoxy groups -OCH3 is 1. The first-order valence-corrected chi connectivity index (χ1v) is 5.75. The first kappa shape index (κ1) is 11.4. The third-order valence-electron chi connectivity index (χ3n) is 3.41. The van der Waals surface area contributed by atoms with Gasteiger partial charge in [-0.1, -0.05) is 12.1 Å². The van der Waals surface area contributed by atoms with Gasteiger partial charge in [-0.3, -0.25) is 0 Å². The van der Waals surface area contributed by atoms with Crippen molar-refractivity contribution in [2.24, 2.45) is 0 Å². The minimum Gasteiger partial charge on any atom is -0.497 e. The Balaban J connectivity index is 2.20. The van der Waals surface area contributed by atoms with Crippen molar-refractivity contribution in [2.75, 3.05) is 13.7 Å². The summed E-state index contributed by atoms with van der Waals surface area (Å²) in [4.78, 5) is 0. The standard InChI is InChI=1S/C13H19NO2/c1-13(15,12-4-3-9-14-12)10-5-7-11(16-2)8-6-10/h5-8,12,14-15H,3-4,9H2,1-2H3/t12-,13+/m1/s1. The molecular weight excluding hydrogens is 202 g/mol. The van der Waals surface area contributed by atoms with Crippen LogP contribution in [0.1, 0.15) is 25.3 Å². The van der Waals surface area contributed by atoms with Gasteiger partial charge in [0.05, 0.1) is 7.11 Å². The Bertz CT molecular complexity index is 339. The van der Waals surface area contributed by atoms with E-state index in [9.17, 15) is 5.11 Å². The number of ether oxygens (including phenoxy) is 1. The average molecular weight is 221 g/mol. The Hall–Kier alpha value is -1.06. The van der Waals surface area contributed by atoms with E-state index in [0.29, 0.717) is 0 Å². The van der Waals surface area contributed by atoms with Crippen LogP contribution in [0.4, 0.5) is 0 Å². The predicted octanol–water partition coefficient (Wildman–Crippen LogP) is 1.65. The molecule has 0 radical (unpaired) electrons. The minimum absolute atomic E-state index is 0.154. The van der Waals surface area contributed by atoms with Gasteiger partial charge in [0.25, 0.3) is 0 Å². The number of rotatable bonds is 3. The lowest BCUT2D eigenvalue weighted by molar-refractivity contribution is 0.0218. The van der Waals surface area contributed by atoms with Crippen LogP contribution in [0.15, 0.2) is 24.3 Å². The van der Waals surface area contributed by atoms with Crippen molar-refractivity contribution < 1.29 is 9.84 Å². The summed E-state index contributed by atoms with van der Waals surface area (Å²) in [5, 5.41) is 13.9. The molecule has 2 N–H and O–H groups in total. The van der Waals surface area contributed by atoms with E-state index in [0.717, 1.165) is 30.7 Å². The molecule has 1 aromatic rings. The van der Waals surface area contributed by atoms with Crippen LogP contribution in [0.2, 0.25) is 0 Å². The lowest BCUT2D eigenvalue weighted by Gasteiger charge is -2.30. The van der Waals surface area contributed by atoms with Gasteiger partial charge in [0.1, 0.15) is 11.4 Å². The van der Waals surface area contributed by atoms with Gasteiger partial charge >= 0.3 is 0 Å². The van der Waals surface area contributed by atoms with Crippen molar-refractivity contribution >= 4 is 0 Å². The van der Waals surface area contributed by atoms with Crippen LogP contribution in [0.5, 0.6) is 5.75 Å².